The number of aromatic nitrogens is 3. The zero-order chi connectivity index (χ0) is 17.8. The van der Waals surface area contributed by atoms with Crippen LogP contribution < -0.4 is 15.6 Å². The fourth-order valence-electron chi connectivity index (χ4n) is 2.77. The normalized spacial score (nSPS) is 16.6. The van der Waals surface area contributed by atoms with Crippen molar-refractivity contribution >= 4 is 11.7 Å². The SMILES string of the molecule is COc1ccc(NC(=O)c2c(C)ccn(CC3CCCO3)c2=O)nn1. The van der Waals surface area contributed by atoms with Crippen molar-refractivity contribution in [2.45, 2.75) is 32.4 Å². The summed E-state index contributed by atoms with van der Waals surface area (Å²) in [7, 11) is 1.48. The van der Waals surface area contributed by atoms with Crippen LogP contribution in [-0.2, 0) is 11.3 Å². The van der Waals surface area contributed by atoms with Gasteiger partial charge in [0.05, 0.1) is 19.8 Å². The van der Waals surface area contributed by atoms with Crippen LogP contribution in [-0.4, -0.2) is 40.5 Å². The minimum atomic E-state index is -0.511. The summed E-state index contributed by atoms with van der Waals surface area (Å²) in [5.74, 6) is 0.0793. The highest BCUT2D eigenvalue weighted by atomic mass is 16.5. The zero-order valence-electron chi connectivity index (χ0n) is 14.2. The van der Waals surface area contributed by atoms with Crippen molar-refractivity contribution in [1.29, 1.82) is 0 Å². The predicted octanol–water partition coefficient (Wildman–Crippen LogP) is 1.39. The number of carbonyl (C=O) groups excluding carboxylic acids is 1. The number of rotatable bonds is 5. The summed E-state index contributed by atoms with van der Waals surface area (Å²) in [6.07, 6.45) is 3.63. The molecule has 8 heteroatoms. The molecule has 3 rings (SSSR count). The summed E-state index contributed by atoms with van der Waals surface area (Å²) >= 11 is 0. The topological polar surface area (TPSA) is 95.3 Å². The molecule has 25 heavy (non-hydrogen) atoms. The molecule has 2 aromatic rings. The average molecular weight is 344 g/mol. The number of pyridine rings is 1. The van der Waals surface area contributed by atoms with E-state index in [9.17, 15) is 9.59 Å². The van der Waals surface area contributed by atoms with Gasteiger partial charge in [-0.15, -0.1) is 10.2 Å². The maximum Gasteiger partial charge on any atom is 0.263 e. The van der Waals surface area contributed by atoms with E-state index < -0.39 is 5.91 Å². The minimum absolute atomic E-state index is 0.0174. The van der Waals surface area contributed by atoms with E-state index >= 15 is 0 Å². The van der Waals surface area contributed by atoms with Crippen LogP contribution in [0.4, 0.5) is 5.82 Å². The predicted molar refractivity (Wildman–Crippen MR) is 91.0 cm³/mol. The Bertz CT molecular complexity index is 810. The number of ether oxygens (including phenoxy) is 2. The van der Waals surface area contributed by atoms with Gasteiger partial charge in [0, 0.05) is 18.9 Å². The smallest absolute Gasteiger partial charge is 0.263 e. The molecule has 1 aliphatic rings. The lowest BCUT2D eigenvalue weighted by atomic mass is 10.1. The van der Waals surface area contributed by atoms with E-state index in [0.717, 1.165) is 19.4 Å². The number of hydrogen-bond acceptors (Lipinski definition) is 6. The Kier molecular flexibility index (Phi) is 5.08. The van der Waals surface area contributed by atoms with Crippen molar-refractivity contribution in [2.75, 3.05) is 19.0 Å². The third-order valence-electron chi connectivity index (χ3n) is 4.12. The molecular weight excluding hydrogens is 324 g/mol. The maximum atomic E-state index is 12.7. The van der Waals surface area contributed by atoms with E-state index in [4.69, 9.17) is 9.47 Å². The van der Waals surface area contributed by atoms with E-state index in [1.165, 1.54) is 11.7 Å². The highest BCUT2D eigenvalue weighted by Crippen LogP contribution is 2.14. The van der Waals surface area contributed by atoms with Crippen LogP contribution in [0.25, 0.3) is 0 Å². The molecule has 132 valence electrons. The molecule has 1 aliphatic heterocycles. The first-order valence-electron chi connectivity index (χ1n) is 8.09. The summed E-state index contributed by atoms with van der Waals surface area (Å²) in [5, 5.41) is 10.2. The number of aryl methyl sites for hydroxylation is 1. The first kappa shape index (κ1) is 17.1. The number of nitrogens with zero attached hydrogens (tertiary/aromatic N) is 3. The minimum Gasteiger partial charge on any atom is -0.480 e. The molecule has 1 unspecified atom stereocenters. The van der Waals surface area contributed by atoms with Crippen LogP contribution in [0.2, 0.25) is 0 Å². The first-order valence-corrected chi connectivity index (χ1v) is 8.09. The Morgan fingerprint density at radius 2 is 2.24 bits per heavy atom. The fraction of sp³-hybridized carbons (Fsp3) is 0.412. The van der Waals surface area contributed by atoms with Gasteiger partial charge >= 0.3 is 0 Å². The van der Waals surface area contributed by atoms with Gasteiger partial charge in [0.25, 0.3) is 11.5 Å². The van der Waals surface area contributed by atoms with Crippen molar-refractivity contribution in [3.63, 3.8) is 0 Å². The van der Waals surface area contributed by atoms with Gasteiger partial charge in [-0.25, -0.2) is 0 Å². The Morgan fingerprint density at radius 1 is 1.40 bits per heavy atom. The Labute approximate surface area is 144 Å². The summed E-state index contributed by atoms with van der Waals surface area (Å²) in [4.78, 5) is 25.2. The van der Waals surface area contributed by atoms with Gasteiger partial charge in [0.15, 0.2) is 5.82 Å². The molecule has 2 aromatic heterocycles. The van der Waals surface area contributed by atoms with Gasteiger partial charge in [-0.1, -0.05) is 0 Å². The molecule has 8 nitrogen and oxygen atoms in total. The van der Waals surface area contributed by atoms with Gasteiger partial charge in [0.1, 0.15) is 5.56 Å². The highest BCUT2D eigenvalue weighted by Gasteiger charge is 2.20. The maximum absolute atomic E-state index is 12.7. The molecule has 1 fully saturated rings. The zero-order valence-corrected chi connectivity index (χ0v) is 14.2. The summed E-state index contributed by atoms with van der Waals surface area (Å²) in [6, 6.07) is 4.90. The van der Waals surface area contributed by atoms with Gasteiger partial charge in [0.2, 0.25) is 5.88 Å². The summed E-state index contributed by atoms with van der Waals surface area (Å²) in [6.45, 7) is 2.89. The number of carbonyl (C=O) groups is 1. The van der Waals surface area contributed by atoms with Gasteiger partial charge in [-0.2, -0.15) is 0 Å². The van der Waals surface area contributed by atoms with E-state index in [1.54, 1.807) is 31.3 Å². The quantitative estimate of drug-likeness (QED) is 0.880. The van der Waals surface area contributed by atoms with Crippen LogP contribution in [0.1, 0.15) is 28.8 Å². The second kappa shape index (κ2) is 7.43. The third kappa shape index (κ3) is 3.85. The van der Waals surface area contributed by atoms with E-state index in [0.29, 0.717) is 18.0 Å². The Balaban J connectivity index is 1.81. The lowest BCUT2D eigenvalue weighted by Gasteiger charge is -2.14. The largest absolute Gasteiger partial charge is 0.480 e. The number of anilines is 1. The fourth-order valence-corrected chi connectivity index (χ4v) is 2.77. The van der Waals surface area contributed by atoms with Crippen molar-refractivity contribution in [1.82, 2.24) is 14.8 Å². The van der Waals surface area contributed by atoms with Crippen molar-refractivity contribution in [3.8, 4) is 5.88 Å². The van der Waals surface area contributed by atoms with Crippen LogP contribution >= 0.6 is 0 Å². The molecule has 3 heterocycles. The molecule has 1 N–H and O–H groups in total. The highest BCUT2D eigenvalue weighted by molar-refractivity contribution is 6.04. The molecule has 0 aromatic carbocycles. The summed E-state index contributed by atoms with van der Waals surface area (Å²) < 4.78 is 12.0. The molecule has 0 saturated carbocycles. The summed E-state index contributed by atoms with van der Waals surface area (Å²) in [5.41, 5.74) is 0.361. The standard InChI is InChI=1S/C17H20N4O4/c1-11-7-8-21(10-12-4-3-9-25-12)17(23)15(11)16(22)18-13-5-6-14(24-2)20-19-13/h5-8,12H,3-4,9-10H2,1-2H3,(H,18,19,22). The van der Waals surface area contributed by atoms with Crippen molar-refractivity contribution < 1.29 is 14.3 Å². The van der Waals surface area contributed by atoms with Crippen molar-refractivity contribution in [3.05, 3.63) is 45.9 Å². The molecule has 0 spiro atoms. The van der Waals surface area contributed by atoms with Crippen LogP contribution in [0.5, 0.6) is 5.88 Å². The average Bonchev–Trinajstić information content (AvgIpc) is 3.11. The lowest BCUT2D eigenvalue weighted by molar-refractivity contribution is 0.0952. The monoisotopic (exact) mass is 344 g/mol. The van der Waals surface area contributed by atoms with E-state index in [1.807, 2.05) is 0 Å². The van der Waals surface area contributed by atoms with Crippen LogP contribution in [0, 0.1) is 6.92 Å². The van der Waals surface area contributed by atoms with Crippen LogP contribution in [0.3, 0.4) is 0 Å². The van der Waals surface area contributed by atoms with E-state index in [-0.39, 0.29) is 23.0 Å². The van der Waals surface area contributed by atoms with Crippen molar-refractivity contribution in [2.24, 2.45) is 0 Å². The number of nitrogens with one attached hydrogen (secondary N) is 1. The Morgan fingerprint density at radius 3 is 2.88 bits per heavy atom. The number of methoxy groups -OCH3 is 1. The van der Waals surface area contributed by atoms with Gasteiger partial charge in [-0.05, 0) is 37.5 Å². The molecule has 0 aliphatic carbocycles. The molecule has 0 bridgehead atoms. The number of amides is 1. The lowest BCUT2D eigenvalue weighted by Crippen LogP contribution is -2.33. The first-order chi connectivity index (χ1) is 12.1. The molecular formula is C17H20N4O4. The molecule has 1 saturated heterocycles. The molecule has 0 radical (unpaired) electrons. The second-order valence-corrected chi connectivity index (χ2v) is 5.88. The molecule has 1 amide bonds. The number of hydrogen-bond donors (Lipinski definition) is 1. The third-order valence-corrected chi connectivity index (χ3v) is 4.12. The second-order valence-electron chi connectivity index (χ2n) is 5.88. The van der Waals surface area contributed by atoms with Gasteiger partial charge < -0.3 is 19.4 Å². The van der Waals surface area contributed by atoms with Gasteiger partial charge in [-0.3, -0.25) is 9.59 Å². The Hall–Kier alpha value is -2.74. The van der Waals surface area contributed by atoms with E-state index in [2.05, 4.69) is 15.5 Å². The molecule has 1 atom stereocenters. The van der Waals surface area contributed by atoms with Crippen LogP contribution in [0.15, 0.2) is 29.2 Å².